The number of ether oxygens (including phenoxy) is 2. The summed E-state index contributed by atoms with van der Waals surface area (Å²) in [6, 6.07) is 20.3. The van der Waals surface area contributed by atoms with Crippen LogP contribution in [0.15, 0.2) is 78.9 Å². The van der Waals surface area contributed by atoms with Crippen LogP contribution in [0.2, 0.25) is 0 Å². The van der Waals surface area contributed by atoms with Crippen molar-refractivity contribution >= 4 is 46.8 Å². The Kier molecular flexibility index (Phi) is 9.12. The van der Waals surface area contributed by atoms with E-state index in [1.54, 1.807) is 72.8 Å². The zero-order chi connectivity index (χ0) is 25.9. The van der Waals surface area contributed by atoms with Gasteiger partial charge in [0.2, 0.25) is 5.91 Å². The van der Waals surface area contributed by atoms with Crippen LogP contribution in [0.3, 0.4) is 0 Å². The van der Waals surface area contributed by atoms with Gasteiger partial charge < -0.3 is 14.8 Å². The van der Waals surface area contributed by atoms with Crippen LogP contribution < -0.4 is 31.0 Å². The summed E-state index contributed by atoms with van der Waals surface area (Å²) in [4.78, 5) is 36.7. The van der Waals surface area contributed by atoms with Crippen molar-refractivity contribution in [3.05, 3.63) is 95.6 Å². The van der Waals surface area contributed by atoms with E-state index in [1.165, 1.54) is 20.3 Å². The number of carbonyl (C=O) groups is 3. The van der Waals surface area contributed by atoms with Gasteiger partial charge in [-0.2, -0.15) is 0 Å². The van der Waals surface area contributed by atoms with Gasteiger partial charge in [0.15, 0.2) is 16.6 Å². The minimum atomic E-state index is -0.491. The third-order valence-corrected chi connectivity index (χ3v) is 5.01. The average Bonchev–Trinajstić information content (AvgIpc) is 2.91. The van der Waals surface area contributed by atoms with Crippen LogP contribution in [0.25, 0.3) is 6.08 Å². The van der Waals surface area contributed by atoms with E-state index in [0.717, 1.165) is 5.56 Å². The van der Waals surface area contributed by atoms with E-state index in [9.17, 15) is 14.4 Å². The Morgan fingerprint density at radius 3 is 2.11 bits per heavy atom. The summed E-state index contributed by atoms with van der Waals surface area (Å²) in [6.45, 7) is 0. The van der Waals surface area contributed by atoms with Gasteiger partial charge in [0, 0.05) is 22.9 Å². The number of anilines is 1. The van der Waals surface area contributed by atoms with E-state index in [0.29, 0.717) is 28.3 Å². The van der Waals surface area contributed by atoms with E-state index in [2.05, 4.69) is 21.5 Å². The molecule has 3 amide bonds. The van der Waals surface area contributed by atoms with Crippen LogP contribution in [0.5, 0.6) is 11.5 Å². The number of carbonyl (C=O) groups excluding carboxylic acids is 3. The number of nitrogens with one attached hydrogen (secondary N) is 4. The molecule has 3 aromatic rings. The standard InChI is InChI=1S/C26H24N4O5S/c1-34-21-14-8-17(16-22(21)35-2)9-15-23(31)28-26(36)30-29-25(33)19-10-12-20(13-11-19)27-24(32)18-6-4-3-5-7-18/h3-16H,1-2H3,(H,27,32)(H,29,33)(H2,28,30,31,36)/b15-9-. The Balaban J connectivity index is 1.46. The van der Waals surface area contributed by atoms with Crippen molar-refractivity contribution < 1.29 is 23.9 Å². The van der Waals surface area contributed by atoms with Crippen molar-refractivity contribution in [2.45, 2.75) is 0 Å². The number of hydrogen-bond acceptors (Lipinski definition) is 6. The summed E-state index contributed by atoms with van der Waals surface area (Å²) in [5, 5.41) is 5.10. The topological polar surface area (TPSA) is 118 Å². The van der Waals surface area contributed by atoms with Gasteiger partial charge in [0.1, 0.15) is 0 Å². The Morgan fingerprint density at radius 2 is 1.44 bits per heavy atom. The van der Waals surface area contributed by atoms with E-state index < -0.39 is 11.8 Å². The Morgan fingerprint density at radius 1 is 0.778 bits per heavy atom. The number of hydrazine groups is 1. The van der Waals surface area contributed by atoms with Crippen molar-refractivity contribution in [3.63, 3.8) is 0 Å². The fourth-order valence-electron chi connectivity index (χ4n) is 3.00. The second-order valence-corrected chi connectivity index (χ2v) is 7.65. The van der Waals surface area contributed by atoms with Gasteiger partial charge in [-0.1, -0.05) is 24.3 Å². The number of amides is 3. The van der Waals surface area contributed by atoms with E-state index in [4.69, 9.17) is 21.7 Å². The Hall–Kier alpha value is -4.70. The molecule has 3 aromatic carbocycles. The predicted octanol–water partition coefficient (Wildman–Crippen LogP) is 3.31. The molecule has 0 saturated carbocycles. The van der Waals surface area contributed by atoms with Crippen LogP contribution in [0.1, 0.15) is 26.3 Å². The molecule has 3 rings (SSSR count). The molecule has 0 aliphatic carbocycles. The van der Waals surface area contributed by atoms with Crippen LogP contribution in [0.4, 0.5) is 5.69 Å². The maximum Gasteiger partial charge on any atom is 0.269 e. The quantitative estimate of drug-likeness (QED) is 0.222. The lowest BCUT2D eigenvalue weighted by Crippen LogP contribution is -2.48. The molecule has 10 heteroatoms. The van der Waals surface area contributed by atoms with Gasteiger partial charge in [0.05, 0.1) is 14.2 Å². The zero-order valence-corrected chi connectivity index (χ0v) is 20.3. The second-order valence-electron chi connectivity index (χ2n) is 7.24. The van der Waals surface area contributed by atoms with E-state index in [-0.39, 0.29) is 11.0 Å². The summed E-state index contributed by atoms with van der Waals surface area (Å²) in [5.41, 5.74) is 6.98. The van der Waals surface area contributed by atoms with E-state index in [1.807, 2.05) is 6.07 Å². The first-order valence-corrected chi connectivity index (χ1v) is 11.1. The lowest BCUT2D eigenvalue weighted by atomic mass is 10.1. The fraction of sp³-hybridized carbons (Fsp3) is 0.0769. The molecule has 0 aliphatic heterocycles. The number of thiocarbonyl (C=S) groups is 1. The smallest absolute Gasteiger partial charge is 0.269 e. The summed E-state index contributed by atoms with van der Waals surface area (Å²) < 4.78 is 10.4. The lowest BCUT2D eigenvalue weighted by molar-refractivity contribution is -0.115. The molecule has 0 spiro atoms. The number of methoxy groups -OCH3 is 2. The van der Waals surface area contributed by atoms with Crippen LogP contribution >= 0.6 is 12.2 Å². The molecule has 0 fully saturated rings. The molecule has 0 atom stereocenters. The third kappa shape index (κ3) is 7.40. The fourth-order valence-corrected chi connectivity index (χ4v) is 3.15. The minimum Gasteiger partial charge on any atom is -0.493 e. The monoisotopic (exact) mass is 504 g/mol. The molecule has 0 aromatic heterocycles. The first-order chi connectivity index (χ1) is 17.4. The molecule has 4 N–H and O–H groups in total. The number of rotatable bonds is 7. The molecular formula is C26H24N4O5S. The first-order valence-electron chi connectivity index (χ1n) is 10.7. The second kappa shape index (κ2) is 12.7. The summed E-state index contributed by atoms with van der Waals surface area (Å²) >= 11 is 5.04. The van der Waals surface area contributed by atoms with Gasteiger partial charge >= 0.3 is 0 Å². The molecule has 0 bridgehead atoms. The van der Waals surface area contributed by atoms with Crippen molar-refractivity contribution in [2.75, 3.05) is 19.5 Å². The number of benzene rings is 3. The van der Waals surface area contributed by atoms with Gasteiger partial charge in [-0.15, -0.1) is 0 Å². The normalized spacial score (nSPS) is 10.3. The molecule has 36 heavy (non-hydrogen) atoms. The van der Waals surface area contributed by atoms with Crippen molar-refractivity contribution in [1.29, 1.82) is 0 Å². The van der Waals surface area contributed by atoms with Crippen molar-refractivity contribution in [3.8, 4) is 11.5 Å². The summed E-state index contributed by atoms with van der Waals surface area (Å²) in [5.74, 6) is -0.113. The summed E-state index contributed by atoms with van der Waals surface area (Å²) in [6.07, 6.45) is 2.87. The van der Waals surface area contributed by atoms with Crippen LogP contribution in [0, 0.1) is 0 Å². The van der Waals surface area contributed by atoms with Gasteiger partial charge in [0.25, 0.3) is 11.8 Å². The molecule has 0 aliphatic rings. The highest BCUT2D eigenvalue weighted by Gasteiger charge is 2.09. The molecule has 9 nitrogen and oxygen atoms in total. The van der Waals surface area contributed by atoms with Gasteiger partial charge in [-0.25, -0.2) is 0 Å². The van der Waals surface area contributed by atoms with E-state index >= 15 is 0 Å². The first kappa shape index (κ1) is 25.9. The molecule has 184 valence electrons. The SMILES string of the molecule is COc1ccc(/C=C\C(=O)NC(=S)NNC(=O)c2ccc(NC(=O)c3ccccc3)cc2)cc1OC. The highest BCUT2D eigenvalue weighted by molar-refractivity contribution is 7.80. The maximum absolute atomic E-state index is 12.3. The average molecular weight is 505 g/mol. The minimum absolute atomic E-state index is 0.0861. The Bertz CT molecular complexity index is 1280. The maximum atomic E-state index is 12.3. The van der Waals surface area contributed by atoms with Gasteiger partial charge in [-0.05, 0) is 72.4 Å². The highest BCUT2D eigenvalue weighted by atomic mass is 32.1. The predicted molar refractivity (Wildman–Crippen MR) is 141 cm³/mol. The molecule has 0 radical (unpaired) electrons. The number of hydrogen-bond donors (Lipinski definition) is 4. The molecule has 0 heterocycles. The van der Waals surface area contributed by atoms with Crippen LogP contribution in [-0.4, -0.2) is 37.1 Å². The van der Waals surface area contributed by atoms with Crippen molar-refractivity contribution in [1.82, 2.24) is 16.2 Å². The third-order valence-electron chi connectivity index (χ3n) is 4.80. The zero-order valence-electron chi connectivity index (χ0n) is 19.5. The highest BCUT2D eigenvalue weighted by Crippen LogP contribution is 2.27. The van der Waals surface area contributed by atoms with Crippen molar-refractivity contribution in [2.24, 2.45) is 0 Å². The summed E-state index contributed by atoms with van der Waals surface area (Å²) in [7, 11) is 3.06. The van der Waals surface area contributed by atoms with Crippen LogP contribution in [-0.2, 0) is 4.79 Å². The molecule has 0 unspecified atom stereocenters. The molecular weight excluding hydrogens is 480 g/mol. The largest absolute Gasteiger partial charge is 0.493 e. The van der Waals surface area contributed by atoms with Gasteiger partial charge in [-0.3, -0.25) is 30.6 Å². The lowest BCUT2D eigenvalue weighted by Gasteiger charge is -2.10. The Labute approximate surface area is 213 Å². The molecule has 0 saturated heterocycles.